The Bertz CT molecular complexity index is 369. The molecule has 0 radical (unpaired) electrons. The molecule has 0 bridgehead atoms. The van der Waals surface area contributed by atoms with E-state index in [0.29, 0.717) is 11.3 Å². The number of halogens is 2. The van der Waals surface area contributed by atoms with Crippen LogP contribution in [0.1, 0.15) is 50.5 Å². The number of alkyl halides is 1. The minimum atomic E-state index is 0.151. The van der Waals surface area contributed by atoms with Crippen molar-refractivity contribution in [1.29, 1.82) is 0 Å². The molecule has 94 valence electrons. The van der Waals surface area contributed by atoms with Gasteiger partial charge in [-0.15, -0.1) is 11.6 Å². The Kier molecular flexibility index (Phi) is 4.20. The Balaban J connectivity index is 2.18. The summed E-state index contributed by atoms with van der Waals surface area (Å²) in [4.78, 5) is 0. The summed E-state index contributed by atoms with van der Waals surface area (Å²) in [6, 6.07) is 8.46. The average Bonchev–Trinajstić information content (AvgIpc) is 2.28. The molecule has 1 saturated carbocycles. The molecule has 0 nitrogen and oxygen atoms in total. The van der Waals surface area contributed by atoms with E-state index < -0.39 is 0 Å². The maximum Gasteiger partial charge on any atom is 0.0618 e. The van der Waals surface area contributed by atoms with Gasteiger partial charge in [-0.05, 0) is 41.9 Å². The predicted octanol–water partition coefficient (Wildman–Crippen LogP) is 5.95. The molecule has 2 heteroatoms. The van der Waals surface area contributed by atoms with Crippen LogP contribution < -0.4 is 0 Å². The molecular weight excluding hydrogens is 296 g/mol. The fourth-order valence-electron chi connectivity index (χ4n) is 2.94. The van der Waals surface area contributed by atoms with Gasteiger partial charge >= 0.3 is 0 Å². The number of benzene rings is 1. The average molecular weight is 316 g/mol. The summed E-state index contributed by atoms with van der Waals surface area (Å²) in [5.41, 5.74) is 1.63. The van der Waals surface area contributed by atoms with Crippen molar-refractivity contribution < 1.29 is 0 Å². The highest BCUT2D eigenvalue weighted by Crippen LogP contribution is 2.49. The van der Waals surface area contributed by atoms with Crippen LogP contribution in [-0.2, 0) is 0 Å². The summed E-state index contributed by atoms with van der Waals surface area (Å²) in [6.07, 6.45) is 5.25. The van der Waals surface area contributed by atoms with E-state index in [-0.39, 0.29) is 5.38 Å². The maximum atomic E-state index is 6.71. The van der Waals surface area contributed by atoms with Crippen LogP contribution in [0.4, 0.5) is 0 Å². The van der Waals surface area contributed by atoms with Crippen molar-refractivity contribution in [2.45, 2.75) is 44.9 Å². The van der Waals surface area contributed by atoms with Crippen molar-refractivity contribution in [1.82, 2.24) is 0 Å². The zero-order chi connectivity index (χ0) is 12.5. The fraction of sp³-hybridized carbons (Fsp3) is 0.600. The van der Waals surface area contributed by atoms with Gasteiger partial charge in [0.25, 0.3) is 0 Å². The second-order valence-electron chi connectivity index (χ2n) is 5.79. The zero-order valence-electron chi connectivity index (χ0n) is 10.5. The van der Waals surface area contributed by atoms with Gasteiger partial charge in [0.1, 0.15) is 0 Å². The fourth-order valence-corrected chi connectivity index (χ4v) is 3.82. The summed E-state index contributed by atoms with van der Waals surface area (Å²) < 4.78 is 1.12. The second kappa shape index (κ2) is 5.32. The van der Waals surface area contributed by atoms with E-state index in [2.05, 4.69) is 54.0 Å². The Hall–Kier alpha value is -0.0100. The van der Waals surface area contributed by atoms with Gasteiger partial charge in [0.05, 0.1) is 5.38 Å². The number of hydrogen-bond acceptors (Lipinski definition) is 0. The van der Waals surface area contributed by atoms with E-state index in [1.807, 2.05) is 0 Å². The topological polar surface area (TPSA) is 0 Å². The molecule has 0 saturated heterocycles. The number of rotatable bonds is 2. The molecule has 2 unspecified atom stereocenters. The molecule has 0 heterocycles. The largest absolute Gasteiger partial charge is 0.118 e. The highest BCUT2D eigenvalue weighted by molar-refractivity contribution is 9.10. The quantitative estimate of drug-likeness (QED) is 0.592. The predicted molar refractivity (Wildman–Crippen MR) is 78.5 cm³/mol. The van der Waals surface area contributed by atoms with Gasteiger partial charge < -0.3 is 0 Å². The van der Waals surface area contributed by atoms with Crippen LogP contribution in [0.2, 0.25) is 0 Å². The first-order chi connectivity index (χ1) is 8.00. The van der Waals surface area contributed by atoms with Crippen LogP contribution in [0.5, 0.6) is 0 Å². The molecule has 17 heavy (non-hydrogen) atoms. The lowest BCUT2D eigenvalue weighted by molar-refractivity contribution is 0.133. The molecule has 1 aliphatic rings. The van der Waals surface area contributed by atoms with Crippen molar-refractivity contribution in [2.24, 2.45) is 11.3 Å². The van der Waals surface area contributed by atoms with Crippen LogP contribution >= 0.6 is 27.5 Å². The summed E-state index contributed by atoms with van der Waals surface area (Å²) in [5.74, 6) is 0.596. The standard InChI is InChI=1S/C15H20BrCl/c1-15(2)10-4-3-5-13(15)14(17)11-6-8-12(16)9-7-11/h6-9,13-14H,3-5,10H2,1-2H3. The van der Waals surface area contributed by atoms with Gasteiger partial charge in [-0.1, -0.05) is 54.8 Å². The Labute approximate surface area is 118 Å². The highest BCUT2D eigenvalue weighted by Gasteiger charge is 2.37. The normalized spacial score (nSPS) is 25.5. The van der Waals surface area contributed by atoms with Gasteiger partial charge in [0.2, 0.25) is 0 Å². The third-order valence-electron chi connectivity index (χ3n) is 4.13. The van der Waals surface area contributed by atoms with E-state index in [1.165, 1.54) is 31.2 Å². The van der Waals surface area contributed by atoms with Gasteiger partial charge in [0.15, 0.2) is 0 Å². The van der Waals surface area contributed by atoms with E-state index in [4.69, 9.17) is 11.6 Å². The smallest absolute Gasteiger partial charge is 0.0618 e. The van der Waals surface area contributed by atoms with Crippen LogP contribution in [0, 0.1) is 11.3 Å². The first kappa shape index (κ1) is 13.4. The van der Waals surface area contributed by atoms with Gasteiger partial charge in [0, 0.05) is 4.47 Å². The second-order valence-corrected chi connectivity index (χ2v) is 7.18. The molecule has 0 aromatic heterocycles. The highest BCUT2D eigenvalue weighted by atomic mass is 79.9. The monoisotopic (exact) mass is 314 g/mol. The summed E-state index contributed by atoms with van der Waals surface area (Å²) >= 11 is 10.2. The molecule has 1 aromatic carbocycles. The third kappa shape index (κ3) is 3.06. The van der Waals surface area contributed by atoms with Crippen molar-refractivity contribution in [2.75, 3.05) is 0 Å². The lowest BCUT2D eigenvalue weighted by atomic mass is 9.66. The Morgan fingerprint density at radius 2 is 1.88 bits per heavy atom. The molecule has 0 amide bonds. The molecular formula is C15H20BrCl. The first-order valence-corrected chi connectivity index (χ1v) is 7.63. The minimum Gasteiger partial charge on any atom is -0.118 e. The van der Waals surface area contributed by atoms with Crippen molar-refractivity contribution in [3.05, 3.63) is 34.3 Å². The van der Waals surface area contributed by atoms with Gasteiger partial charge in [-0.25, -0.2) is 0 Å². The molecule has 1 fully saturated rings. The summed E-state index contributed by atoms with van der Waals surface area (Å²) in [7, 11) is 0. The van der Waals surface area contributed by atoms with Crippen molar-refractivity contribution >= 4 is 27.5 Å². The SMILES string of the molecule is CC1(C)CCCCC1C(Cl)c1ccc(Br)cc1. The molecule has 1 aliphatic carbocycles. The minimum absolute atomic E-state index is 0.151. The van der Waals surface area contributed by atoms with Crippen molar-refractivity contribution in [3.63, 3.8) is 0 Å². The van der Waals surface area contributed by atoms with E-state index in [0.717, 1.165) is 4.47 Å². The van der Waals surface area contributed by atoms with E-state index in [9.17, 15) is 0 Å². The third-order valence-corrected chi connectivity index (χ3v) is 5.22. The molecule has 1 aromatic rings. The molecule has 2 rings (SSSR count). The lowest BCUT2D eigenvalue weighted by Crippen LogP contribution is -2.30. The zero-order valence-corrected chi connectivity index (χ0v) is 12.9. The van der Waals surface area contributed by atoms with E-state index in [1.54, 1.807) is 0 Å². The number of hydrogen-bond donors (Lipinski definition) is 0. The Morgan fingerprint density at radius 1 is 1.24 bits per heavy atom. The summed E-state index contributed by atoms with van der Waals surface area (Å²) in [6.45, 7) is 4.73. The van der Waals surface area contributed by atoms with Crippen LogP contribution in [-0.4, -0.2) is 0 Å². The van der Waals surface area contributed by atoms with Gasteiger partial charge in [-0.3, -0.25) is 0 Å². The molecule has 0 aliphatic heterocycles. The van der Waals surface area contributed by atoms with Crippen LogP contribution in [0.25, 0.3) is 0 Å². The molecule has 0 N–H and O–H groups in total. The van der Waals surface area contributed by atoms with E-state index >= 15 is 0 Å². The van der Waals surface area contributed by atoms with Crippen molar-refractivity contribution in [3.8, 4) is 0 Å². The molecule has 2 atom stereocenters. The van der Waals surface area contributed by atoms with Crippen LogP contribution in [0.15, 0.2) is 28.7 Å². The Morgan fingerprint density at radius 3 is 2.47 bits per heavy atom. The lowest BCUT2D eigenvalue weighted by Gasteiger charge is -2.41. The maximum absolute atomic E-state index is 6.71. The van der Waals surface area contributed by atoms with Crippen LogP contribution in [0.3, 0.4) is 0 Å². The first-order valence-electron chi connectivity index (χ1n) is 6.40. The van der Waals surface area contributed by atoms with Gasteiger partial charge in [-0.2, -0.15) is 0 Å². The molecule has 0 spiro atoms. The summed E-state index contributed by atoms with van der Waals surface area (Å²) in [5, 5.41) is 0.151.